The largest absolute Gasteiger partial charge is 0.504 e. The van der Waals surface area contributed by atoms with E-state index < -0.39 is 12.0 Å². The van der Waals surface area contributed by atoms with Gasteiger partial charge in [-0.05, 0) is 66.8 Å². The van der Waals surface area contributed by atoms with Crippen LogP contribution in [0.4, 0.5) is 11.4 Å². The van der Waals surface area contributed by atoms with Gasteiger partial charge in [-0.3, -0.25) is 14.6 Å². The van der Waals surface area contributed by atoms with Crippen molar-refractivity contribution in [2.75, 3.05) is 18.6 Å². The summed E-state index contributed by atoms with van der Waals surface area (Å²) in [7, 11) is 1.63. The molecule has 1 amide bonds. The van der Waals surface area contributed by atoms with Crippen molar-refractivity contribution in [3.05, 3.63) is 77.9 Å². The van der Waals surface area contributed by atoms with E-state index >= 15 is 0 Å². The first-order valence-corrected chi connectivity index (χ1v) is 12.1. The molecular formula is C29H28N2O5. The molecule has 36 heavy (non-hydrogen) atoms. The fourth-order valence-corrected chi connectivity index (χ4v) is 5.30. The van der Waals surface area contributed by atoms with Crippen LogP contribution in [0.2, 0.25) is 0 Å². The molecule has 3 aromatic rings. The molecule has 7 heteroatoms. The van der Waals surface area contributed by atoms with Crippen LogP contribution in [0.5, 0.6) is 17.2 Å². The van der Waals surface area contributed by atoms with E-state index in [4.69, 9.17) is 14.5 Å². The minimum absolute atomic E-state index is 0.00991. The molecule has 0 aromatic heterocycles. The van der Waals surface area contributed by atoms with E-state index in [1.54, 1.807) is 30.2 Å². The zero-order valence-corrected chi connectivity index (χ0v) is 20.3. The summed E-state index contributed by atoms with van der Waals surface area (Å²) in [6, 6.07) is 19.6. The fraction of sp³-hybridized carbons (Fsp3) is 0.276. The Morgan fingerprint density at radius 1 is 1.06 bits per heavy atom. The smallest absolute Gasteiger partial charge is 0.214 e. The van der Waals surface area contributed by atoms with Gasteiger partial charge in [0.05, 0.1) is 37.1 Å². The minimum Gasteiger partial charge on any atom is -0.504 e. The van der Waals surface area contributed by atoms with Crippen LogP contribution in [0, 0.1) is 5.92 Å². The molecule has 0 spiro atoms. The van der Waals surface area contributed by atoms with Gasteiger partial charge < -0.3 is 19.5 Å². The number of methoxy groups -OCH3 is 1. The summed E-state index contributed by atoms with van der Waals surface area (Å²) in [6.45, 7) is 2.21. The lowest BCUT2D eigenvalue weighted by Gasteiger charge is -2.37. The van der Waals surface area contributed by atoms with Crippen molar-refractivity contribution in [1.82, 2.24) is 0 Å². The number of aliphatic imine (C=N–C) groups is 1. The van der Waals surface area contributed by atoms with Gasteiger partial charge in [0.15, 0.2) is 11.5 Å². The number of para-hydroxylation sites is 2. The maximum absolute atomic E-state index is 13.8. The Balaban J connectivity index is 1.62. The predicted molar refractivity (Wildman–Crippen MR) is 138 cm³/mol. The number of nitrogens with zero attached hydrogens (tertiary/aromatic N) is 2. The van der Waals surface area contributed by atoms with E-state index in [9.17, 15) is 14.7 Å². The normalized spacial score (nSPS) is 21.1. The highest BCUT2D eigenvalue weighted by atomic mass is 16.5. The first-order chi connectivity index (χ1) is 17.5. The number of carbonyl (C=O) groups excluding carboxylic acids is 2. The summed E-state index contributed by atoms with van der Waals surface area (Å²) in [5.41, 5.74) is 3.79. The van der Waals surface area contributed by atoms with Crippen LogP contribution in [0.3, 0.4) is 0 Å². The number of amides is 1. The van der Waals surface area contributed by atoms with Crippen LogP contribution in [0.15, 0.2) is 71.7 Å². The van der Waals surface area contributed by atoms with Gasteiger partial charge in [0, 0.05) is 12.1 Å². The highest BCUT2D eigenvalue weighted by Gasteiger charge is 2.44. The number of benzene rings is 3. The zero-order valence-electron chi connectivity index (χ0n) is 20.3. The molecule has 1 aliphatic heterocycles. The average molecular weight is 485 g/mol. The van der Waals surface area contributed by atoms with Crippen LogP contribution in [-0.2, 0) is 9.59 Å². The minimum atomic E-state index is -0.617. The Morgan fingerprint density at radius 3 is 2.53 bits per heavy atom. The molecule has 1 saturated carbocycles. The zero-order chi connectivity index (χ0) is 25.2. The summed E-state index contributed by atoms with van der Waals surface area (Å²) >= 11 is 0. The Hall–Kier alpha value is -4.13. The van der Waals surface area contributed by atoms with E-state index in [0.717, 1.165) is 23.4 Å². The molecule has 5 rings (SSSR count). The Morgan fingerprint density at radius 2 is 1.81 bits per heavy atom. The number of phenols is 1. The Labute approximate surface area is 210 Å². The molecule has 2 aliphatic rings. The first kappa shape index (κ1) is 23.6. The molecule has 184 valence electrons. The summed E-state index contributed by atoms with van der Waals surface area (Å²) < 4.78 is 10.9. The van der Waals surface area contributed by atoms with Crippen LogP contribution in [0.25, 0.3) is 0 Å². The lowest BCUT2D eigenvalue weighted by molar-refractivity contribution is -0.122. The fourth-order valence-electron chi connectivity index (χ4n) is 5.30. The number of anilines is 1. The Bertz CT molecular complexity index is 1320. The molecule has 0 bridgehead atoms. The van der Waals surface area contributed by atoms with Gasteiger partial charge in [0.2, 0.25) is 6.41 Å². The molecule has 1 heterocycles. The second-order valence-electron chi connectivity index (χ2n) is 9.03. The number of phenolic OH excluding ortho intramolecular Hbond substituents is 1. The molecule has 0 unspecified atom stereocenters. The second-order valence-corrected chi connectivity index (χ2v) is 9.03. The van der Waals surface area contributed by atoms with Gasteiger partial charge in [0.1, 0.15) is 11.5 Å². The molecule has 1 aliphatic carbocycles. The molecule has 3 atom stereocenters. The number of carbonyl (C=O) groups is 2. The maximum atomic E-state index is 13.8. The third-order valence-corrected chi connectivity index (χ3v) is 6.97. The van der Waals surface area contributed by atoms with Crippen molar-refractivity contribution >= 4 is 29.3 Å². The molecule has 1 N–H and O–H groups in total. The van der Waals surface area contributed by atoms with Gasteiger partial charge in [-0.2, -0.15) is 0 Å². The van der Waals surface area contributed by atoms with Crippen LogP contribution >= 0.6 is 0 Å². The third kappa shape index (κ3) is 4.21. The summed E-state index contributed by atoms with van der Waals surface area (Å²) in [5.74, 6) is 0.478. The first-order valence-electron chi connectivity index (χ1n) is 12.1. The van der Waals surface area contributed by atoms with E-state index in [1.165, 1.54) is 0 Å². The van der Waals surface area contributed by atoms with E-state index in [1.807, 2.05) is 55.5 Å². The number of aromatic hydroxyl groups is 1. The predicted octanol–water partition coefficient (Wildman–Crippen LogP) is 5.35. The molecule has 0 saturated heterocycles. The molecule has 0 radical (unpaired) electrons. The van der Waals surface area contributed by atoms with Crippen LogP contribution in [0.1, 0.15) is 42.9 Å². The van der Waals surface area contributed by atoms with Gasteiger partial charge in [-0.1, -0.05) is 30.3 Å². The number of rotatable bonds is 6. The van der Waals surface area contributed by atoms with E-state index in [-0.39, 0.29) is 17.5 Å². The Kier molecular flexibility index (Phi) is 6.46. The van der Waals surface area contributed by atoms with Gasteiger partial charge in [-0.15, -0.1) is 0 Å². The standard InChI is InChI=1S/C29H28N2O5/c1-3-36-27-16-19(10-13-25(27)33)29-28-23(30-22-6-4-5-7-24(22)31(29)17-32)14-20(15-26(28)34)18-8-11-21(35-2)12-9-18/h4-13,16-17,20,28-29,33H,3,14-15H2,1-2H3/t20-,28-,29-/m1/s1. The number of Topliss-reactive ketones (excluding diaryl/α,β-unsaturated/α-hetero) is 1. The van der Waals surface area contributed by atoms with E-state index in [2.05, 4.69) is 0 Å². The quantitative estimate of drug-likeness (QED) is 0.477. The number of hydrogen-bond donors (Lipinski definition) is 1. The number of fused-ring (bicyclic) bond motifs is 2. The van der Waals surface area contributed by atoms with Gasteiger partial charge >= 0.3 is 0 Å². The third-order valence-electron chi connectivity index (χ3n) is 6.97. The lowest BCUT2D eigenvalue weighted by Crippen LogP contribution is -2.43. The van der Waals surface area contributed by atoms with Crippen molar-refractivity contribution in [1.29, 1.82) is 0 Å². The topological polar surface area (TPSA) is 88.4 Å². The number of ketones is 1. The summed E-state index contributed by atoms with van der Waals surface area (Å²) in [6.07, 6.45) is 1.70. The second kappa shape index (κ2) is 9.85. The maximum Gasteiger partial charge on any atom is 0.214 e. The highest BCUT2D eigenvalue weighted by Crippen LogP contribution is 2.47. The molecule has 3 aromatic carbocycles. The van der Waals surface area contributed by atoms with E-state index in [0.29, 0.717) is 42.1 Å². The SMILES string of the molecule is CCOc1cc([C@@H]2[C@H]3C(=O)C[C@H](c4ccc(OC)cc4)CC3=Nc3ccccc3N2C=O)ccc1O. The molecule has 7 nitrogen and oxygen atoms in total. The van der Waals surface area contributed by atoms with Crippen molar-refractivity contribution in [2.24, 2.45) is 10.9 Å². The van der Waals surface area contributed by atoms with Crippen LogP contribution in [-0.4, -0.2) is 36.7 Å². The summed E-state index contributed by atoms with van der Waals surface area (Å²) in [5, 5.41) is 10.3. The van der Waals surface area contributed by atoms with Crippen molar-refractivity contribution in [2.45, 2.75) is 31.7 Å². The monoisotopic (exact) mass is 484 g/mol. The molecule has 1 fully saturated rings. The average Bonchev–Trinajstić information content (AvgIpc) is 3.04. The number of ether oxygens (including phenoxy) is 2. The van der Waals surface area contributed by atoms with Gasteiger partial charge in [0.25, 0.3) is 0 Å². The molecular weight excluding hydrogens is 456 g/mol. The van der Waals surface area contributed by atoms with Crippen molar-refractivity contribution < 1.29 is 24.2 Å². The summed E-state index contributed by atoms with van der Waals surface area (Å²) in [4.78, 5) is 32.9. The highest BCUT2D eigenvalue weighted by molar-refractivity contribution is 6.12. The van der Waals surface area contributed by atoms with Gasteiger partial charge in [-0.25, -0.2) is 0 Å². The number of hydrogen-bond acceptors (Lipinski definition) is 6. The van der Waals surface area contributed by atoms with Crippen molar-refractivity contribution in [3.8, 4) is 17.2 Å². The lowest BCUT2D eigenvalue weighted by atomic mass is 9.72. The van der Waals surface area contributed by atoms with Crippen LogP contribution < -0.4 is 14.4 Å². The van der Waals surface area contributed by atoms with Crippen molar-refractivity contribution in [3.63, 3.8) is 0 Å².